The largest absolute Gasteiger partial charge is 0.457 e. The lowest BCUT2D eigenvalue weighted by atomic mass is 9.78. The van der Waals surface area contributed by atoms with Crippen LogP contribution in [0.25, 0.3) is 0 Å². The summed E-state index contributed by atoms with van der Waals surface area (Å²) in [7, 11) is 0. The topological polar surface area (TPSA) is 41.6 Å². The molecular formula is C32H40N2O2. The van der Waals surface area contributed by atoms with Gasteiger partial charge in [-0.2, -0.15) is 0 Å². The van der Waals surface area contributed by atoms with Crippen molar-refractivity contribution in [3.8, 4) is 11.5 Å². The predicted octanol–water partition coefficient (Wildman–Crippen LogP) is 8.31. The Hall–Kier alpha value is -3.11. The predicted molar refractivity (Wildman–Crippen MR) is 149 cm³/mol. The molecule has 0 fully saturated rings. The third-order valence-electron chi connectivity index (χ3n) is 8.37. The monoisotopic (exact) mass is 484 g/mol. The Morgan fingerprint density at radius 1 is 0.806 bits per heavy atom. The SMILES string of the molecule is CCC(C)(CC)c1ccc(Oc2ccc(NC(=O)c3ccc4c(c3)CN(C(C)(C)CC)C4)cc2)cc1. The van der Waals surface area contributed by atoms with Crippen LogP contribution in [-0.4, -0.2) is 16.3 Å². The number of hydrogen-bond acceptors (Lipinski definition) is 3. The molecule has 0 bridgehead atoms. The number of anilines is 1. The van der Waals surface area contributed by atoms with Gasteiger partial charge in [-0.05, 0) is 104 Å². The summed E-state index contributed by atoms with van der Waals surface area (Å²) in [6, 6.07) is 22.0. The maximum Gasteiger partial charge on any atom is 0.255 e. The van der Waals surface area contributed by atoms with Crippen LogP contribution in [0.15, 0.2) is 66.7 Å². The molecule has 4 rings (SSSR count). The average molecular weight is 485 g/mol. The van der Waals surface area contributed by atoms with Crippen LogP contribution in [0.5, 0.6) is 11.5 Å². The Morgan fingerprint density at radius 3 is 1.97 bits per heavy atom. The van der Waals surface area contributed by atoms with E-state index in [9.17, 15) is 4.79 Å². The zero-order valence-electron chi connectivity index (χ0n) is 22.7. The van der Waals surface area contributed by atoms with E-state index >= 15 is 0 Å². The molecule has 1 heterocycles. The molecule has 0 saturated carbocycles. The van der Waals surface area contributed by atoms with Crippen molar-refractivity contribution < 1.29 is 9.53 Å². The minimum Gasteiger partial charge on any atom is -0.457 e. The van der Waals surface area contributed by atoms with Crippen LogP contribution in [0, 0.1) is 0 Å². The normalized spacial score (nSPS) is 13.9. The number of hydrogen-bond donors (Lipinski definition) is 1. The van der Waals surface area contributed by atoms with Gasteiger partial charge in [-0.25, -0.2) is 0 Å². The van der Waals surface area contributed by atoms with Crippen LogP contribution in [0.2, 0.25) is 0 Å². The molecule has 190 valence electrons. The third kappa shape index (κ3) is 5.49. The lowest BCUT2D eigenvalue weighted by Crippen LogP contribution is -2.39. The van der Waals surface area contributed by atoms with E-state index < -0.39 is 0 Å². The maximum absolute atomic E-state index is 12.9. The lowest BCUT2D eigenvalue weighted by Gasteiger charge is -2.34. The Kier molecular flexibility index (Phi) is 7.56. The summed E-state index contributed by atoms with van der Waals surface area (Å²) in [5, 5.41) is 3.02. The molecule has 4 heteroatoms. The molecule has 0 aromatic heterocycles. The highest BCUT2D eigenvalue weighted by molar-refractivity contribution is 6.04. The van der Waals surface area contributed by atoms with Gasteiger partial charge in [-0.15, -0.1) is 0 Å². The summed E-state index contributed by atoms with van der Waals surface area (Å²) >= 11 is 0. The molecule has 0 unspecified atom stereocenters. The van der Waals surface area contributed by atoms with Gasteiger partial charge in [0, 0.05) is 29.9 Å². The Balaban J connectivity index is 1.37. The first-order valence-corrected chi connectivity index (χ1v) is 13.2. The van der Waals surface area contributed by atoms with Crippen molar-refractivity contribution in [2.24, 2.45) is 0 Å². The van der Waals surface area contributed by atoms with Crippen LogP contribution in [0.1, 0.15) is 87.9 Å². The number of ether oxygens (including phenoxy) is 1. The minimum atomic E-state index is -0.0924. The standard InChI is InChI=1S/C32H40N2O2/c1-7-31(4,5)34-21-24-11-10-23(20-25(24)22-34)30(35)33-27-14-18-29(19-15-27)36-28-16-12-26(13-17-28)32(6,8-2)9-3/h10-20H,7-9,21-22H2,1-6H3,(H,33,35). The van der Waals surface area contributed by atoms with E-state index in [1.165, 1.54) is 16.7 Å². The van der Waals surface area contributed by atoms with Crippen molar-refractivity contribution in [1.82, 2.24) is 4.90 Å². The van der Waals surface area contributed by atoms with Crippen molar-refractivity contribution in [1.29, 1.82) is 0 Å². The number of benzene rings is 3. The van der Waals surface area contributed by atoms with E-state index in [0.717, 1.165) is 49.5 Å². The van der Waals surface area contributed by atoms with Crippen molar-refractivity contribution >= 4 is 11.6 Å². The van der Waals surface area contributed by atoms with Gasteiger partial charge >= 0.3 is 0 Å². The molecule has 0 saturated heterocycles. The highest BCUT2D eigenvalue weighted by atomic mass is 16.5. The molecule has 0 radical (unpaired) electrons. The molecule has 1 aliphatic rings. The molecule has 3 aromatic rings. The molecule has 36 heavy (non-hydrogen) atoms. The second kappa shape index (κ2) is 10.5. The summed E-state index contributed by atoms with van der Waals surface area (Å²) in [5.41, 5.74) is 5.69. The van der Waals surface area contributed by atoms with Crippen molar-refractivity contribution in [2.45, 2.75) is 84.8 Å². The number of fused-ring (bicyclic) bond motifs is 1. The van der Waals surface area contributed by atoms with Gasteiger partial charge in [-0.1, -0.05) is 45.9 Å². The molecule has 0 atom stereocenters. The maximum atomic E-state index is 12.9. The van der Waals surface area contributed by atoms with Crippen LogP contribution >= 0.6 is 0 Å². The number of carbonyl (C=O) groups excluding carboxylic acids is 1. The lowest BCUT2D eigenvalue weighted by molar-refractivity contribution is 0.102. The van der Waals surface area contributed by atoms with E-state index in [4.69, 9.17) is 4.74 Å². The fourth-order valence-corrected chi connectivity index (χ4v) is 4.72. The van der Waals surface area contributed by atoms with E-state index in [0.29, 0.717) is 5.56 Å². The first-order valence-electron chi connectivity index (χ1n) is 13.2. The van der Waals surface area contributed by atoms with Gasteiger partial charge in [-0.3, -0.25) is 9.69 Å². The average Bonchev–Trinajstić information content (AvgIpc) is 3.34. The molecule has 0 spiro atoms. The van der Waals surface area contributed by atoms with Gasteiger partial charge in [0.15, 0.2) is 0 Å². The fraction of sp³-hybridized carbons (Fsp3) is 0.406. The van der Waals surface area contributed by atoms with Gasteiger partial charge in [0.25, 0.3) is 5.91 Å². The van der Waals surface area contributed by atoms with Crippen LogP contribution in [0.4, 0.5) is 5.69 Å². The summed E-state index contributed by atoms with van der Waals surface area (Å²) in [6.45, 7) is 15.4. The quantitative estimate of drug-likeness (QED) is 0.332. The summed E-state index contributed by atoms with van der Waals surface area (Å²) < 4.78 is 6.04. The molecule has 1 aliphatic heterocycles. The molecule has 1 amide bonds. The summed E-state index contributed by atoms with van der Waals surface area (Å²) in [5.74, 6) is 1.46. The Labute approximate surface area is 216 Å². The number of nitrogens with zero attached hydrogens (tertiary/aromatic N) is 1. The number of amides is 1. The first-order chi connectivity index (χ1) is 17.2. The minimum absolute atomic E-state index is 0.0924. The van der Waals surface area contributed by atoms with Crippen molar-refractivity contribution in [3.05, 3.63) is 89.0 Å². The van der Waals surface area contributed by atoms with E-state index in [1.807, 2.05) is 48.5 Å². The van der Waals surface area contributed by atoms with Crippen LogP contribution in [0.3, 0.4) is 0 Å². The van der Waals surface area contributed by atoms with Gasteiger partial charge < -0.3 is 10.1 Å². The fourth-order valence-electron chi connectivity index (χ4n) is 4.72. The Bertz CT molecular complexity index is 1190. The zero-order chi connectivity index (χ0) is 25.9. The van der Waals surface area contributed by atoms with E-state index in [1.54, 1.807) is 0 Å². The van der Waals surface area contributed by atoms with Gasteiger partial charge in [0.1, 0.15) is 11.5 Å². The van der Waals surface area contributed by atoms with Gasteiger partial charge in [0.05, 0.1) is 0 Å². The molecule has 0 aliphatic carbocycles. The number of carbonyl (C=O) groups is 1. The van der Waals surface area contributed by atoms with E-state index in [-0.39, 0.29) is 16.9 Å². The zero-order valence-corrected chi connectivity index (χ0v) is 22.7. The van der Waals surface area contributed by atoms with Gasteiger partial charge in [0.2, 0.25) is 0 Å². The smallest absolute Gasteiger partial charge is 0.255 e. The number of rotatable bonds is 9. The second-order valence-electron chi connectivity index (χ2n) is 10.9. The van der Waals surface area contributed by atoms with Crippen molar-refractivity contribution in [3.63, 3.8) is 0 Å². The van der Waals surface area contributed by atoms with Crippen molar-refractivity contribution in [2.75, 3.05) is 5.32 Å². The number of nitrogens with one attached hydrogen (secondary N) is 1. The first kappa shape index (κ1) is 26.0. The second-order valence-corrected chi connectivity index (χ2v) is 10.9. The van der Waals surface area contributed by atoms with E-state index in [2.05, 4.69) is 70.0 Å². The Morgan fingerprint density at radius 2 is 1.39 bits per heavy atom. The highest BCUT2D eigenvalue weighted by Gasteiger charge is 2.30. The third-order valence-corrected chi connectivity index (χ3v) is 8.37. The van der Waals surface area contributed by atoms with Crippen LogP contribution < -0.4 is 10.1 Å². The molecule has 4 nitrogen and oxygen atoms in total. The molecule has 1 N–H and O–H groups in total. The highest BCUT2D eigenvalue weighted by Crippen LogP contribution is 2.34. The van der Waals surface area contributed by atoms with Crippen LogP contribution in [-0.2, 0) is 18.5 Å². The summed E-state index contributed by atoms with van der Waals surface area (Å²) in [4.78, 5) is 15.4. The molecule has 3 aromatic carbocycles. The summed E-state index contributed by atoms with van der Waals surface area (Å²) in [6.07, 6.45) is 3.31. The molecular weight excluding hydrogens is 444 g/mol.